The van der Waals surface area contributed by atoms with Gasteiger partial charge < -0.3 is 5.73 Å². The minimum Gasteiger partial charge on any atom is -0.396 e. The van der Waals surface area contributed by atoms with Gasteiger partial charge in [0, 0.05) is 12.6 Å². The van der Waals surface area contributed by atoms with Gasteiger partial charge in [-0.05, 0) is 37.5 Å². The Morgan fingerprint density at radius 2 is 2.11 bits per heavy atom. The first-order chi connectivity index (χ1) is 8.46. The second kappa shape index (κ2) is 4.85. The number of anilines is 1. The fourth-order valence-electron chi connectivity index (χ4n) is 1.89. The van der Waals surface area contributed by atoms with E-state index in [0.29, 0.717) is 6.54 Å². The van der Waals surface area contributed by atoms with E-state index in [-0.39, 0.29) is 16.6 Å². The maximum absolute atomic E-state index is 13.4. The van der Waals surface area contributed by atoms with Gasteiger partial charge in [0.1, 0.15) is 5.82 Å². The van der Waals surface area contributed by atoms with E-state index in [4.69, 9.17) is 5.73 Å². The zero-order valence-electron chi connectivity index (χ0n) is 10.3. The number of nitrogens with two attached hydrogens (primary N) is 1. The van der Waals surface area contributed by atoms with Crippen LogP contribution >= 0.6 is 0 Å². The summed E-state index contributed by atoms with van der Waals surface area (Å²) in [4.78, 5) is -0.0189. The molecule has 1 aromatic rings. The number of benzene rings is 1. The van der Waals surface area contributed by atoms with E-state index >= 15 is 0 Å². The predicted molar refractivity (Wildman–Crippen MR) is 68.0 cm³/mol. The van der Waals surface area contributed by atoms with Gasteiger partial charge in [0.2, 0.25) is 10.0 Å². The van der Waals surface area contributed by atoms with Crippen molar-refractivity contribution in [1.29, 1.82) is 0 Å². The number of sulfonamides is 1. The number of hydrogen-bond acceptors (Lipinski definition) is 3. The van der Waals surface area contributed by atoms with Gasteiger partial charge in [0.15, 0.2) is 0 Å². The molecule has 6 heteroatoms. The maximum Gasteiger partial charge on any atom is 0.243 e. The number of nitrogens with zero attached hydrogens (tertiary/aromatic N) is 1. The van der Waals surface area contributed by atoms with Crippen LogP contribution in [0.15, 0.2) is 23.1 Å². The van der Waals surface area contributed by atoms with Crippen molar-refractivity contribution < 1.29 is 12.8 Å². The van der Waals surface area contributed by atoms with Crippen LogP contribution in [0.3, 0.4) is 0 Å². The predicted octanol–water partition coefficient (Wildman–Crippen LogP) is 1.97. The lowest BCUT2D eigenvalue weighted by Crippen LogP contribution is -2.33. The monoisotopic (exact) mass is 272 g/mol. The number of rotatable bonds is 5. The van der Waals surface area contributed by atoms with Crippen LogP contribution in [0.1, 0.15) is 26.2 Å². The topological polar surface area (TPSA) is 63.4 Å². The zero-order chi connectivity index (χ0) is 13.3. The minimum absolute atomic E-state index is 0.0189. The van der Waals surface area contributed by atoms with Crippen LogP contribution in [0.25, 0.3) is 0 Å². The normalized spacial score (nSPS) is 16.2. The number of halogens is 1. The fraction of sp³-hybridized carbons (Fsp3) is 0.500. The lowest BCUT2D eigenvalue weighted by atomic mass is 10.3. The Kier molecular flexibility index (Phi) is 3.59. The highest BCUT2D eigenvalue weighted by atomic mass is 32.2. The highest BCUT2D eigenvalue weighted by molar-refractivity contribution is 7.89. The van der Waals surface area contributed by atoms with Crippen molar-refractivity contribution in [2.24, 2.45) is 0 Å². The summed E-state index contributed by atoms with van der Waals surface area (Å²) in [6.07, 6.45) is 2.51. The summed E-state index contributed by atoms with van der Waals surface area (Å²) >= 11 is 0. The van der Waals surface area contributed by atoms with Crippen LogP contribution in [0, 0.1) is 5.82 Å². The maximum atomic E-state index is 13.4. The van der Waals surface area contributed by atoms with Gasteiger partial charge in [0.25, 0.3) is 0 Å². The summed E-state index contributed by atoms with van der Waals surface area (Å²) < 4.78 is 39.6. The van der Waals surface area contributed by atoms with Gasteiger partial charge >= 0.3 is 0 Å². The van der Waals surface area contributed by atoms with Crippen LogP contribution in [-0.4, -0.2) is 25.3 Å². The van der Waals surface area contributed by atoms with Crippen LogP contribution in [0.4, 0.5) is 10.1 Å². The molecular weight excluding hydrogens is 255 g/mol. The molecule has 1 aromatic carbocycles. The smallest absolute Gasteiger partial charge is 0.243 e. The minimum atomic E-state index is -3.60. The molecule has 0 spiro atoms. The van der Waals surface area contributed by atoms with E-state index in [2.05, 4.69) is 0 Å². The number of nitrogen functional groups attached to an aromatic ring is 1. The van der Waals surface area contributed by atoms with E-state index in [1.54, 1.807) is 0 Å². The molecule has 0 heterocycles. The van der Waals surface area contributed by atoms with Gasteiger partial charge in [-0.2, -0.15) is 4.31 Å². The Morgan fingerprint density at radius 1 is 1.44 bits per heavy atom. The second-order valence-electron chi connectivity index (χ2n) is 4.53. The van der Waals surface area contributed by atoms with Gasteiger partial charge in [-0.25, -0.2) is 12.8 Å². The molecule has 0 aromatic heterocycles. The standard InChI is InChI=1S/C12H17FN2O2S/c1-2-7-15(9-3-4-9)18(16,17)10-5-6-12(14)11(13)8-10/h5-6,8-9H,2-4,7,14H2,1H3. The van der Waals surface area contributed by atoms with Gasteiger partial charge in [0.05, 0.1) is 10.6 Å². The number of hydrogen-bond donors (Lipinski definition) is 1. The van der Waals surface area contributed by atoms with Crippen molar-refractivity contribution in [3.8, 4) is 0 Å². The third kappa shape index (κ3) is 2.49. The van der Waals surface area contributed by atoms with Crippen LogP contribution in [0.5, 0.6) is 0 Å². The summed E-state index contributed by atoms with van der Waals surface area (Å²) in [6.45, 7) is 2.40. The summed E-state index contributed by atoms with van der Waals surface area (Å²) in [7, 11) is -3.60. The SMILES string of the molecule is CCCN(C1CC1)S(=O)(=O)c1ccc(N)c(F)c1. The summed E-state index contributed by atoms with van der Waals surface area (Å²) in [5.74, 6) is -0.691. The molecule has 0 radical (unpaired) electrons. The lowest BCUT2D eigenvalue weighted by molar-refractivity contribution is 0.403. The van der Waals surface area contributed by atoms with Crippen LogP contribution in [0.2, 0.25) is 0 Å². The molecule has 2 rings (SSSR count). The first-order valence-corrected chi connectivity index (χ1v) is 7.47. The second-order valence-corrected chi connectivity index (χ2v) is 6.42. The van der Waals surface area contributed by atoms with Crippen LogP contribution in [-0.2, 0) is 10.0 Å². The Balaban J connectivity index is 2.36. The van der Waals surface area contributed by atoms with E-state index in [0.717, 1.165) is 25.3 Å². The summed E-state index contributed by atoms with van der Waals surface area (Å²) in [6, 6.07) is 3.73. The molecule has 0 bridgehead atoms. The third-order valence-electron chi connectivity index (χ3n) is 2.98. The average molecular weight is 272 g/mol. The molecule has 0 atom stereocenters. The molecule has 18 heavy (non-hydrogen) atoms. The lowest BCUT2D eigenvalue weighted by Gasteiger charge is -2.21. The highest BCUT2D eigenvalue weighted by Gasteiger charge is 2.37. The third-order valence-corrected chi connectivity index (χ3v) is 4.92. The first-order valence-electron chi connectivity index (χ1n) is 6.03. The van der Waals surface area contributed by atoms with E-state index in [9.17, 15) is 12.8 Å². The van der Waals surface area contributed by atoms with Crippen molar-refractivity contribution in [2.75, 3.05) is 12.3 Å². The van der Waals surface area contributed by atoms with E-state index < -0.39 is 15.8 Å². The first kappa shape index (κ1) is 13.3. The van der Waals surface area contributed by atoms with Crippen molar-refractivity contribution in [1.82, 2.24) is 4.31 Å². The Morgan fingerprint density at radius 3 is 2.61 bits per heavy atom. The Labute approximate surface area is 107 Å². The quantitative estimate of drug-likeness (QED) is 0.833. The molecule has 2 N–H and O–H groups in total. The van der Waals surface area contributed by atoms with Gasteiger partial charge in [-0.3, -0.25) is 0 Å². The molecular formula is C12H17FN2O2S. The van der Waals surface area contributed by atoms with Crippen molar-refractivity contribution in [2.45, 2.75) is 37.1 Å². The Hall–Kier alpha value is -1.14. The molecule has 1 aliphatic carbocycles. The van der Waals surface area contributed by atoms with Crippen LogP contribution < -0.4 is 5.73 Å². The van der Waals surface area contributed by atoms with Crippen molar-refractivity contribution in [3.63, 3.8) is 0 Å². The van der Waals surface area contributed by atoms with Crippen molar-refractivity contribution in [3.05, 3.63) is 24.0 Å². The van der Waals surface area contributed by atoms with Crippen molar-refractivity contribution >= 4 is 15.7 Å². The van der Waals surface area contributed by atoms with E-state index in [1.807, 2.05) is 6.92 Å². The molecule has 1 fully saturated rings. The van der Waals surface area contributed by atoms with Gasteiger partial charge in [-0.1, -0.05) is 6.92 Å². The molecule has 4 nitrogen and oxygen atoms in total. The molecule has 0 saturated heterocycles. The molecule has 100 valence electrons. The highest BCUT2D eigenvalue weighted by Crippen LogP contribution is 2.32. The summed E-state index contributed by atoms with van der Waals surface area (Å²) in [5, 5.41) is 0. The molecule has 1 aliphatic rings. The zero-order valence-corrected chi connectivity index (χ0v) is 11.1. The average Bonchev–Trinajstić information content (AvgIpc) is 3.13. The molecule has 0 amide bonds. The largest absolute Gasteiger partial charge is 0.396 e. The molecule has 0 aliphatic heterocycles. The summed E-state index contributed by atoms with van der Waals surface area (Å²) in [5.41, 5.74) is 5.32. The van der Waals surface area contributed by atoms with Gasteiger partial charge in [-0.15, -0.1) is 0 Å². The fourth-order valence-corrected chi connectivity index (χ4v) is 3.68. The van der Waals surface area contributed by atoms with E-state index in [1.165, 1.54) is 16.4 Å². The molecule has 1 saturated carbocycles. The Bertz CT molecular complexity index is 541. The molecule has 0 unspecified atom stereocenters.